The highest BCUT2D eigenvalue weighted by Gasteiger charge is 2.15. The standard InChI is InChI=1S/C17H26N2O4S/c1-17(2,3)23-16(20)19-12-14-7-5-13(6-8-14)11-15(18)9-10-24(4,21)22/h5-10,15H,11-12,18H2,1-4H3,(H,19,20)/b10-9+/t15-/m1/s1. The van der Waals surface area contributed by atoms with Gasteiger partial charge in [0.05, 0.1) is 0 Å². The van der Waals surface area contributed by atoms with E-state index in [9.17, 15) is 13.2 Å². The zero-order valence-corrected chi connectivity index (χ0v) is 15.4. The van der Waals surface area contributed by atoms with Crippen LogP contribution in [0.2, 0.25) is 0 Å². The van der Waals surface area contributed by atoms with Crippen molar-refractivity contribution in [3.63, 3.8) is 0 Å². The Morgan fingerprint density at radius 1 is 1.25 bits per heavy atom. The molecular weight excluding hydrogens is 328 g/mol. The molecule has 1 aromatic carbocycles. The van der Waals surface area contributed by atoms with Crippen LogP contribution in [0.5, 0.6) is 0 Å². The molecule has 1 aromatic rings. The second-order valence-corrected chi connectivity index (χ2v) is 8.63. The van der Waals surface area contributed by atoms with E-state index in [1.54, 1.807) is 0 Å². The van der Waals surface area contributed by atoms with Crippen LogP contribution in [0.4, 0.5) is 4.79 Å². The van der Waals surface area contributed by atoms with Crippen molar-refractivity contribution < 1.29 is 17.9 Å². The highest BCUT2D eigenvalue weighted by atomic mass is 32.2. The molecule has 24 heavy (non-hydrogen) atoms. The lowest BCUT2D eigenvalue weighted by atomic mass is 10.0. The van der Waals surface area contributed by atoms with Gasteiger partial charge in [-0.15, -0.1) is 0 Å². The molecule has 0 unspecified atom stereocenters. The first-order chi connectivity index (χ1) is 10.9. The second kappa shape index (κ2) is 8.30. The Hall–Kier alpha value is -1.86. The Balaban J connectivity index is 2.51. The fourth-order valence-electron chi connectivity index (χ4n) is 1.87. The number of amides is 1. The minimum absolute atomic E-state index is 0.370. The molecule has 3 N–H and O–H groups in total. The number of sulfone groups is 1. The Morgan fingerprint density at radius 2 is 1.79 bits per heavy atom. The van der Waals surface area contributed by atoms with Crippen molar-refractivity contribution in [1.82, 2.24) is 5.32 Å². The van der Waals surface area contributed by atoms with Gasteiger partial charge in [-0.25, -0.2) is 13.2 Å². The average molecular weight is 354 g/mol. The highest BCUT2D eigenvalue weighted by Crippen LogP contribution is 2.09. The molecular formula is C17H26N2O4S. The fourth-order valence-corrected chi connectivity index (χ4v) is 2.35. The molecule has 0 bridgehead atoms. The SMILES string of the molecule is CC(C)(C)OC(=O)NCc1ccc(C[C@H](N)/C=C/S(C)(=O)=O)cc1. The van der Waals surface area contributed by atoms with Crippen molar-refractivity contribution in [2.75, 3.05) is 6.26 Å². The number of hydrogen-bond acceptors (Lipinski definition) is 5. The molecule has 0 heterocycles. The van der Waals surface area contributed by atoms with Crippen molar-refractivity contribution in [1.29, 1.82) is 0 Å². The van der Waals surface area contributed by atoms with Crippen LogP contribution in [0.3, 0.4) is 0 Å². The largest absolute Gasteiger partial charge is 0.444 e. The van der Waals surface area contributed by atoms with Crippen molar-refractivity contribution in [3.05, 3.63) is 46.9 Å². The van der Waals surface area contributed by atoms with Gasteiger partial charge in [-0.2, -0.15) is 0 Å². The third-order valence-electron chi connectivity index (χ3n) is 2.90. The summed E-state index contributed by atoms with van der Waals surface area (Å²) in [5, 5.41) is 3.81. The Labute approximate surface area is 144 Å². The molecule has 0 saturated carbocycles. The van der Waals surface area contributed by atoms with E-state index in [1.807, 2.05) is 45.0 Å². The number of nitrogens with one attached hydrogen (secondary N) is 1. The van der Waals surface area contributed by atoms with Crippen LogP contribution in [-0.2, 0) is 27.5 Å². The number of ether oxygens (including phenoxy) is 1. The first-order valence-electron chi connectivity index (χ1n) is 7.63. The lowest BCUT2D eigenvalue weighted by Crippen LogP contribution is -2.32. The monoisotopic (exact) mass is 354 g/mol. The van der Waals surface area contributed by atoms with Crippen LogP contribution in [0, 0.1) is 0 Å². The molecule has 7 heteroatoms. The predicted molar refractivity (Wildman–Crippen MR) is 95.2 cm³/mol. The van der Waals surface area contributed by atoms with E-state index in [2.05, 4.69) is 5.32 Å². The number of alkyl carbamates (subject to hydrolysis) is 1. The van der Waals surface area contributed by atoms with Gasteiger partial charge < -0.3 is 15.8 Å². The number of carbonyl (C=O) groups is 1. The Morgan fingerprint density at radius 3 is 2.29 bits per heavy atom. The van der Waals surface area contributed by atoms with Gasteiger partial charge in [-0.3, -0.25) is 0 Å². The zero-order chi connectivity index (χ0) is 18.4. The minimum atomic E-state index is -3.16. The van der Waals surface area contributed by atoms with E-state index in [1.165, 1.54) is 6.08 Å². The predicted octanol–water partition coefficient (Wildman–Crippen LogP) is 2.14. The summed E-state index contributed by atoms with van der Waals surface area (Å²) < 4.78 is 27.3. The molecule has 0 radical (unpaired) electrons. The van der Waals surface area contributed by atoms with Crippen molar-refractivity contribution in [2.24, 2.45) is 5.73 Å². The van der Waals surface area contributed by atoms with Gasteiger partial charge in [0, 0.05) is 24.3 Å². The summed E-state index contributed by atoms with van der Waals surface area (Å²) in [4.78, 5) is 11.6. The van der Waals surface area contributed by atoms with Crippen molar-refractivity contribution in [3.8, 4) is 0 Å². The molecule has 1 amide bonds. The molecule has 0 aliphatic rings. The summed E-state index contributed by atoms with van der Waals surface area (Å²) in [6.45, 7) is 5.80. The van der Waals surface area contributed by atoms with Gasteiger partial charge in [0.2, 0.25) is 0 Å². The topological polar surface area (TPSA) is 98.5 Å². The van der Waals surface area contributed by atoms with Gasteiger partial charge in [-0.05, 0) is 38.3 Å². The fraction of sp³-hybridized carbons (Fsp3) is 0.471. The maximum Gasteiger partial charge on any atom is 0.407 e. The van der Waals surface area contributed by atoms with Gasteiger partial charge in [0.25, 0.3) is 0 Å². The quantitative estimate of drug-likeness (QED) is 0.815. The van der Waals surface area contributed by atoms with E-state index in [0.717, 1.165) is 22.8 Å². The van der Waals surface area contributed by atoms with Crippen molar-refractivity contribution >= 4 is 15.9 Å². The summed E-state index contributed by atoms with van der Waals surface area (Å²) in [6, 6.07) is 7.21. The molecule has 0 spiro atoms. The first-order valence-corrected chi connectivity index (χ1v) is 9.58. The van der Waals surface area contributed by atoms with Gasteiger partial charge >= 0.3 is 6.09 Å². The summed E-state index contributed by atoms with van der Waals surface area (Å²) in [5.41, 5.74) is 7.28. The van der Waals surface area contributed by atoms with Gasteiger partial charge in [0.1, 0.15) is 5.60 Å². The number of nitrogens with two attached hydrogens (primary N) is 1. The third-order valence-corrected chi connectivity index (χ3v) is 3.55. The van der Waals surface area contributed by atoms with Crippen LogP contribution in [0.15, 0.2) is 35.7 Å². The van der Waals surface area contributed by atoms with Crippen LogP contribution in [0.25, 0.3) is 0 Å². The number of rotatable bonds is 6. The number of carbonyl (C=O) groups excluding carboxylic acids is 1. The molecule has 0 aliphatic carbocycles. The van der Waals surface area contributed by atoms with Crippen LogP contribution < -0.4 is 11.1 Å². The molecule has 0 saturated heterocycles. The third kappa shape index (κ3) is 9.32. The van der Waals surface area contributed by atoms with Crippen LogP contribution >= 0.6 is 0 Å². The van der Waals surface area contributed by atoms with E-state index in [4.69, 9.17) is 10.5 Å². The maximum atomic E-state index is 11.6. The zero-order valence-electron chi connectivity index (χ0n) is 14.6. The summed E-state index contributed by atoms with van der Waals surface area (Å²) in [6.07, 6.45) is 2.68. The summed E-state index contributed by atoms with van der Waals surface area (Å²) in [7, 11) is -3.16. The molecule has 6 nitrogen and oxygen atoms in total. The Bertz CT molecular complexity index is 674. The number of hydrogen-bond donors (Lipinski definition) is 2. The summed E-state index contributed by atoms with van der Waals surface area (Å²) in [5.74, 6) is 0. The minimum Gasteiger partial charge on any atom is -0.444 e. The molecule has 134 valence electrons. The van der Waals surface area contributed by atoms with E-state index < -0.39 is 21.5 Å². The molecule has 1 atom stereocenters. The molecule has 0 aliphatic heterocycles. The van der Waals surface area contributed by atoms with E-state index in [0.29, 0.717) is 13.0 Å². The second-order valence-electron chi connectivity index (χ2n) is 6.70. The lowest BCUT2D eigenvalue weighted by molar-refractivity contribution is 0.0523. The normalized spacial score (nSPS) is 13.7. The first kappa shape index (κ1) is 20.2. The van der Waals surface area contributed by atoms with Crippen LogP contribution in [-0.4, -0.2) is 32.4 Å². The van der Waals surface area contributed by atoms with Gasteiger partial charge in [-0.1, -0.05) is 30.3 Å². The summed E-state index contributed by atoms with van der Waals surface area (Å²) >= 11 is 0. The van der Waals surface area contributed by atoms with Gasteiger partial charge in [0.15, 0.2) is 9.84 Å². The lowest BCUT2D eigenvalue weighted by Gasteiger charge is -2.19. The molecule has 0 fully saturated rings. The highest BCUT2D eigenvalue weighted by molar-refractivity contribution is 7.93. The van der Waals surface area contributed by atoms with Crippen molar-refractivity contribution in [2.45, 2.75) is 45.4 Å². The maximum absolute atomic E-state index is 11.6. The smallest absolute Gasteiger partial charge is 0.407 e. The average Bonchev–Trinajstić information content (AvgIpc) is 2.42. The van der Waals surface area contributed by atoms with Crippen LogP contribution in [0.1, 0.15) is 31.9 Å². The Kier molecular flexibility index (Phi) is 6.98. The molecule has 0 aromatic heterocycles. The molecule has 1 rings (SSSR count). The van der Waals surface area contributed by atoms with E-state index >= 15 is 0 Å². The van der Waals surface area contributed by atoms with E-state index in [-0.39, 0.29) is 6.04 Å². The number of benzene rings is 1.